The summed E-state index contributed by atoms with van der Waals surface area (Å²) >= 11 is 0. The van der Waals surface area contributed by atoms with E-state index in [0.717, 1.165) is 0 Å². The first-order chi connectivity index (χ1) is 4.89. The molecule has 0 bridgehead atoms. The van der Waals surface area contributed by atoms with Gasteiger partial charge in [0.1, 0.15) is 0 Å². The first kappa shape index (κ1) is 10.2. The number of hydrogen-bond acceptors (Lipinski definition) is 2. The molecule has 3 nitrogen and oxygen atoms in total. The first-order valence-corrected chi connectivity index (χ1v) is 3.52. The van der Waals surface area contributed by atoms with E-state index in [1.165, 1.54) is 0 Å². The molecule has 1 unspecified atom stereocenters. The summed E-state index contributed by atoms with van der Waals surface area (Å²) in [6.07, 6.45) is 1.99. The summed E-state index contributed by atoms with van der Waals surface area (Å²) in [5, 5.41) is 9.43. The lowest BCUT2D eigenvalue weighted by molar-refractivity contribution is -0.128. The fourth-order valence-corrected chi connectivity index (χ4v) is 0.919. The summed E-state index contributed by atoms with van der Waals surface area (Å²) < 4.78 is 0. The molecule has 0 saturated heterocycles. The molecule has 3 heteroatoms. The van der Waals surface area contributed by atoms with Crippen molar-refractivity contribution in [2.24, 2.45) is 11.7 Å². The van der Waals surface area contributed by atoms with Crippen LogP contribution in [0.5, 0.6) is 0 Å². The Morgan fingerprint density at radius 2 is 2.27 bits per heavy atom. The van der Waals surface area contributed by atoms with Gasteiger partial charge in [0.05, 0.1) is 11.5 Å². The van der Waals surface area contributed by atoms with E-state index in [0.29, 0.717) is 6.42 Å². The smallest absolute Gasteiger partial charge is 0.223 e. The number of aliphatic hydroxyl groups is 1. The predicted molar refractivity (Wildman–Crippen MR) is 43.8 cm³/mol. The normalized spacial score (nSPS) is 14.1. The molecule has 0 fully saturated rings. The number of allylic oxidation sites excluding steroid dienone is 1. The molecule has 0 aliphatic rings. The average Bonchev–Trinajstić information content (AvgIpc) is 1.79. The van der Waals surface area contributed by atoms with Gasteiger partial charge in [0.25, 0.3) is 0 Å². The lowest BCUT2D eigenvalue weighted by Crippen LogP contribution is -2.40. The number of rotatable bonds is 4. The molecule has 0 heterocycles. The number of hydrogen-bond donors (Lipinski definition) is 2. The van der Waals surface area contributed by atoms with E-state index in [-0.39, 0.29) is 0 Å². The van der Waals surface area contributed by atoms with Gasteiger partial charge in [-0.05, 0) is 20.3 Å². The van der Waals surface area contributed by atoms with Crippen LogP contribution in [-0.4, -0.2) is 16.6 Å². The van der Waals surface area contributed by atoms with Gasteiger partial charge < -0.3 is 10.8 Å². The van der Waals surface area contributed by atoms with Crippen LogP contribution in [0.15, 0.2) is 12.7 Å². The largest absolute Gasteiger partial charge is 0.390 e. The van der Waals surface area contributed by atoms with Crippen molar-refractivity contribution in [1.82, 2.24) is 0 Å². The number of carbonyl (C=O) groups is 1. The summed E-state index contributed by atoms with van der Waals surface area (Å²) in [6.45, 7) is 6.60. The van der Waals surface area contributed by atoms with Crippen molar-refractivity contribution in [3.8, 4) is 0 Å². The van der Waals surface area contributed by atoms with Crippen LogP contribution in [0.4, 0.5) is 0 Å². The highest BCUT2D eigenvalue weighted by molar-refractivity contribution is 5.78. The molecule has 0 aliphatic carbocycles. The number of primary amides is 1. The lowest BCUT2D eigenvalue weighted by atomic mass is 9.88. The van der Waals surface area contributed by atoms with Crippen molar-refractivity contribution < 1.29 is 9.90 Å². The molecule has 64 valence electrons. The molecule has 0 radical (unpaired) electrons. The Morgan fingerprint density at radius 3 is 2.36 bits per heavy atom. The average molecular weight is 157 g/mol. The van der Waals surface area contributed by atoms with E-state index in [1.807, 2.05) is 0 Å². The van der Waals surface area contributed by atoms with E-state index in [4.69, 9.17) is 5.73 Å². The number of nitrogens with two attached hydrogens (primary N) is 1. The van der Waals surface area contributed by atoms with Gasteiger partial charge >= 0.3 is 0 Å². The van der Waals surface area contributed by atoms with E-state index in [9.17, 15) is 9.90 Å². The summed E-state index contributed by atoms with van der Waals surface area (Å²) in [5.41, 5.74) is 4.01. The zero-order valence-corrected chi connectivity index (χ0v) is 7.00. The fraction of sp³-hybridized carbons (Fsp3) is 0.625. The number of carbonyl (C=O) groups excluding carboxylic acids is 1. The van der Waals surface area contributed by atoms with E-state index in [1.54, 1.807) is 19.9 Å². The van der Waals surface area contributed by atoms with Gasteiger partial charge in [-0.15, -0.1) is 6.58 Å². The van der Waals surface area contributed by atoms with Gasteiger partial charge in [-0.1, -0.05) is 6.08 Å². The zero-order valence-electron chi connectivity index (χ0n) is 7.00. The molecule has 1 amide bonds. The molecule has 0 rings (SSSR count). The Kier molecular flexibility index (Phi) is 3.26. The maximum atomic E-state index is 10.8. The summed E-state index contributed by atoms with van der Waals surface area (Å²) in [7, 11) is 0. The van der Waals surface area contributed by atoms with Crippen molar-refractivity contribution in [3.63, 3.8) is 0 Å². The van der Waals surface area contributed by atoms with Gasteiger partial charge in [0, 0.05) is 0 Å². The Hall–Kier alpha value is -0.830. The molecule has 0 aromatic heterocycles. The highest BCUT2D eigenvalue weighted by Gasteiger charge is 2.30. The molecular weight excluding hydrogens is 142 g/mol. The van der Waals surface area contributed by atoms with Crippen LogP contribution in [0.3, 0.4) is 0 Å². The molecule has 0 aliphatic heterocycles. The minimum Gasteiger partial charge on any atom is -0.390 e. The maximum absolute atomic E-state index is 10.8. The Balaban J connectivity index is 4.34. The molecule has 11 heavy (non-hydrogen) atoms. The van der Waals surface area contributed by atoms with Crippen LogP contribution >= 0.6 is 0 Å². The molecular formula is C8H15NO2. The van der Waals surface area contributed by atoms with Gasteiger partial charge in [0.2, 0.25) is 5.91 Å². The van der Waals surface area contributed by atoms with Crippen LogP contribution in [0.2, 0.25) is 0 Å². The molecule has 0 spiro atoms. The minimum absolute atomic E-state index is 0.416. The molecule has 0 aromatic rings. The monoisotopic (exact) mass is 157 g/mol. The molecule has 0 saturated carbocycles. The summed E-state index contributed by atoms with van der Waals surface area (Å²) in [4.78, 5) is 10.8. The number of amides is 1. The maximum Gasteiger partial charge on any atom is 0.223 e. The first-order valence-electron chi connectivity index (χ1n) is 3.52. The second-order valence-corrected chi connectivity index (χ2v) is 3.13. The molecule has 3 N–H and O–H groups in total. The van der Waals surface area contributed by atoms with E-state index >= 15 is 0 Å². The van der Waals surface area contributed by atoms with Crippen molar-refractivity contribution in [3.05, 3.63) is 12.7 Å². The van der Waals surface area contributed by atoms with Crippen LogP contribution < -0.4 is 5.73 Å². The van der Waals surface area contributed by atoms with Crippen LogP contribution in [-0.2, 0) is 4.79 Å². The van der Waals surface area contributed by atoms with Gasteiger partial charge in [-0.25, -0.2) is 0 Å². The topological polar surface area (TPSA) is 63.3 Å². The van der Waals surface area contributed by atoms with Crippen molar-refractivity contribution >= 4 is 5.91 Å². The third kappa shape index (κ3) is 3.18. The Labute approximate surface area is 66.9 Å². The summed E-state index contributed by atoms with van der Waals surface area (Å²) in [6, 6.07) is 0. The second-order valence-electron chi connectivity index (χ2n) is 3.13. The van der Waals surface area contributed by atoms with Crippen LogP contribution in [0.25, 0.3) is 0 Å². The molecule has 0 aromatic carbocycles. The van der Waals surface area contributed by atoms with Gasteiger partial charge in [0.15, 0.2) is 0 Å². The van der Waals surface area contributed by atoms with Crippen LogP contribution in [0.1, 0.15) is 20.3 Å². The molecule has 1 atom stereocenters. The van der Waals surface area contributed by atoms with Gasteiger partial charge in [-0.3, -0.25) is 4.79 Å². The lowest BCUT2D eigenvalue weighted by Gasteiger charge is -2.25. The highest BCUT2D eigenvalue weighted by Crippen LogP contribution is 2.19. The fourth-order valence-electron chi connectivity index (χ4n) is 0.919. The van der Waals surface area contributed by atoms with Crippen molar-refractivity contribution in [1.29, 1.82) is 0 Å². The third-order valence-corrected chi connectivity index (χ3v) is 1.60. The standard InChI is InChI=1S/C8H15NO2/c1-4-5-6(7(9)10)8(2,3)11/h4,6,11H,1,5H2,2-3H3,(H2,9,10). The predicted octanol–water partition coefficient (Wildman–Crippen LogP) is 0.435. The highest BCUT2D eigenvalue weighted by atomic mass is 16.3. The minimum atomic E-state index is -1.06. The van der Waals surface area contributed by atoms with Crippen molar-refractivity contribution in [2.75, 3.05) is 0 Å². The Bertz CT molecular complexity index is 158. The van der Waals surface area contributed by atoms with Crippen molar-refractivity contribution in [2.45, 2.75) is 25.9 Å². The van der Waals surface area contributed by atoms with Crippen LogP contribution in [0, 0.1) is 5.92 Å². The van der Waals surface area contributed by atoms with E-state index in [2.05, 4.69) is 6.58 Å². The van der Waals surface area contributed by atoms with E-state index < -0.39 is 17.4 Å². The Morgan fingerprint density at radius 1 is 1.82 bits per heavy atom. The quantitative estimate of drug-likeness (QED) is 0.581. The summed E-state index contributed by atoms with van der Waals surface area (Å²) in [5.74, 6) is -1.03. The SMILES string of the molecule is C=CCC(C(N)=O)C(C)(C)O. The van der Waals surface area contributed by atoms with Gasteiger partial charge in [-0.2, -0.15) is 0 Å². The third-order valence-electron chi connectivity index (χ3n) is 1.60. The zero-order chi connectivity index (χ0) is 9.07. The second kappa shape index (κ2) is 3.53.